The van der Waals surface area contributed by atoms with Crippen LogP contribution in [-0.4, -0.2) is 34.5 Å². The number of thiocarbonyl (C=S) groups is 1. The lowest BCUT2D eigenvalue weighted by atomic mass is 9.96. The zero-order valence-electron chi connectivity index (χ0n) is 11.6. The van der Waals surface area contributed by atoms with Crippen LogP contribution in [0.1, 0.15) is 57.8 Å². The van der Waals surface area contributed by atoms with Crippen LogP contribution in [0.3, 0.4) is 0 Å². The molecular formula is C14H25N3OS. The van der Waals surface area contributed by atoms with Crippen LogP contribution in [0.15, 0.2) is 0 Å². The summed E-state index contributed by atoms with van der Waals surface area (Å²) in [4.78, 5) is 14.7. The standard InChI is InChI=1S/C14H25N3OS/c15-13(19)10-17(12-8-4-5-9-12)14(18)16-11-6-2-1-3-7-11/h11-12H,1-10H2,(H2,15,19)(H,16,18). The minimum Gasteiger partial charge on any atom is -0.392 e. The lowest BCUT2D eigenvalue weighted by molar-refractivity contribution is 0.178. The molecule has 0 aliphatic heterocycles. The average molecular weight is 283 g/mol. The molecule has 0 spiro atoms. The largest absolute Gasteiger partial charge is 0.392 e. The van der Waals surface area contributed by atoms with Crippen LogP contribution >= 0.6 is 12.2 Å². The molecule has 0 aromatic carbocycles. The molecule has 2 fully saturated rings. The Kier molecular flexibility index (Phi) is 5.43. The molecule has 0 aromatic rings. The summed E-state index contributed by atoms with van der Waals surface area (Å²) >= 11 is 4.99. The Labute approximate surface area is 121 Å². The maximum absolute atomic E-state index is 12.4. The van der Waals surface area contributed by atoms with E-state index in [1.807, 2.05) is 4.90 Å². The van der Waals surface area contributed by atoms with Crippen LogP contribution in [-0.2, 0) is 0 Å². The number of nitrogens with zero attached hydrogens (tertiary/aromatic N) is 1. The van der Waals surface area contributed by atoms with E-state index in [1.54, 1.807) is 0 Å². The maximum atomic E-state index is 12.4. The third-order valence-electron chi connectivity index (χ3n) is 4.29. The van der Waals surface area contributed by atoms with Crippen molar-refractivity contribution in [2.45, 2.75) is 69.9 Å². The van der Waals surface area contributed by atoms with Gasteiger partial charge in [-0.15, -0.1) is 0 Å². The molecule has 2 amide bonds. The Bertz CT molecular complexity index is 323. The van der Waals surface area contributed by atoms with E-state index >= 15 is 0 Å². The molecule has 2 rings (SSSR count). The van der Waals surface area contributed by atoms with Gasteiger partial charge in [0.15, 0.2) is 0 Å². The summed E-state index contributed by atoms with van der Waals surface area (Å²) in [6, 6.07) is 0.702. The van der Waals surface area contributed by atoms with Crippen molar-refractivity contribution in [1.29, 1.82) is 0 Å². The second-order valence-corrected chi connectivity index (χ2v) is 6.34. The molecule has 0 heterocycles. The number of nitrogens with two attached hydrogens (primary N) is 1. The van der Waals surface area contributed by atoms with Crippen molar-refractivity contribution in [3.05, 3.63) is 0 Å². The zero-order valence-corrected chi connectivity index (χ0v) is 12.4. The predicted octanol–water partition coefficient (Wildman–Crippen LogP) is 2.56. The van der Waals surface area contributed by atoms with Crippen molar-refractivity contribution in [1.82, 2.24) is 10.2 Å². The van der Waals surface area contributed by atoms with E-state index < -0.39 is 0 Å². The predicted molar refractivity (Wildman–Crippen MR) is 81.2 cm³/mol. The lowest BCUT2D eigenvalue weighted by Crippen LogP contribution is -2.51. The van der Waals surface area contributed by atoms with E-state index in [0.29, 0.717) is 23.6 Å². The monoisotopic (exact) mass is 283 g/mol. The van der Waals surface area contributed by atoms with E-state index in [4.69, 9.17) is 18.0 Å². The smallest absolute Gasteiger partial charge is 0.318 e. The zero-order chi connectivity index (χ0) is 13.7. The van der Waals surface area contributed by atoms with Crippen LogP contribution < -0.4 is 11.1 Å². The highest BCUT2D eigenvalue weighted by Crippen LogP contribution is 2.24. The highest BCUT2D eigenvalue weighted by molar-refractivity contribution is 7.80. The van der Waals surface area contributed by atoms with Crippen molar-refractivity contribution in [2.75, 3.05) is 6.54 Å². The summed E-state index contributed by atoms with van der Waals surface area (Å²) < 4.78 is 0. The van der Waals surface area contributed by atoms with Crippen LogP contribution in [0, 0.1) is 0 Å². The SMILES string of the molecule is NC(=S)CN(C(=O)NC1CCCCC1)C1CCCC1. The number of urea groups is 1. The van der Waals surface area contributed by atoms with E-state index in [1.165, 1.54) is 32.1 Å². The first kappa shape index (κ1) is 14.6. The van der Waals surface area contributed by atoms with Crippen LogP contribution in [0.5, 0.6) is 0 Å². The topological polar surface area (TPSA) is 58.4 Å². The van der Waals surface area contributed by atoms with Crippen molar-refractivity contribution in [2.24, 2.45) is 5.73 Å². The van der Waals surface area contributed by atoms with Crippen molar-refractivity contribution in [3.63, 3.8) is 0 Å². The minimum absolute atomic E-state index is 0.0339. The third kappa shape index (κ3) is 4.34. The average Bonchev–Trinajstić information content (AvgIpc) is 2.90. The number of carbonyl (C=O) groups excluding carboxylic acids is 1. The Morgan fingerprint density at radius 2 is 1.68 bits per heavy atom. The molecule has 0 bridgehead atoms. The fraction of sp³-hybridized carbons (Fsp3) is 0.857. The van der Waals surface area contributed by atoms with Crippen molar-refractivity contribution in [3.8, 4) is 0 Å². The number of hydrogen-bond acceptors (Lipinski definition) is 2. The summed E-state index contributed by atoms with van der Waals surface area (Å²) in [5.41, 5.74) is 5.64. The van der Waals surface area contributed by atoms with E-state index in [2.05, 4.69) is 5.32 Å². The van der Waals surface area contributed by atoms with Crippen LogP contribution in [0.4, 0.5) is 4.79 Å². The summed E-state index contributed by atoms with van der Waals surface area (Å²) in [5.74, 6) is 0. The highest BCUT2D eigenvalue weighted by atomic mass is 32.1. The molecule has 0 radical (unpaired) electrons. The Morgan fingerprint density at radius 1 is 1.11 bits per heavy atom. The van der Waals surface area contributed by atoms with E-state index in [0.717, 1.165) is 25.7 Å². The molecule has 3 N–H and O–H groups in total. The molecule has 0 unspecified atom stereocenters. The maximum Gasteiger partial charge on any atom is 0.318 e. The number of rotatable bonds is 4. The van der Waals surface area contributed by atoms with Gasteiger partial charge in [-0.3, -0.25) is 0 Å². The highest BCUT2D eigenvalue weighted by Gasteiger charge is 2.28. The lowest BCUT2D eigenvalue weighted by Gasteiger charge is -2.32. The number of hydrogen-bond donors (Lipinski definition) is 2. The van der Waals surface area contributed by atoms with Gasteiger partial charge in [0.1, 0.15) is 0 Å². The number of nitrogens with one attached hydrogen (secondary N) is 1. The Hall–Kier alpha value is -0.840. The molecule has 19 heavy (non-hydrogen) atoms. The third-order valence-corrected chi connectivity index (χ3v) is 4.41. The molecule has 0 saturated heterocycles. The Morgan fingerprint density at radius 3 is 2.26 bits per heavy atom. The van der Waals surface area contributed by atoms with E-state index in [9.17, 15) is 4.79 Å². The molecule has 0 aromatic heterocycles. The van der Waals surface area contributed by atoms with Crippen LogP contribution in [0.2, 0.25) is 0 Å². The molecule has 2 aliphatic rings. The van der Waals surface area contributed by atoms with Crippen molar-refractivity contribution >= 4 is 23.2 Å². The second-order valence-electron chi connectivity index (χ2n) is 5.82. The molecule has 5 heteroatoms. The van der Waals surface area contributed by atoms with Gasteiger partial charge in [0.25, 0.3) is 0 Å². The van der Waals surface area contributed by atoms with Crippen molar-refractivity contribution < 1.29 is 4.79 Å². The van der Waals surface area contributed by atoms with Gasteiger partial charge >= 0.3 is 6.03 Å². The molecule has 108 valence electrons. The summed E-state index contributed by atoms with van der Waals surface area (Å²) in [5, 5.41) is 3.17. The first-order valence-corrected chi connectivity index (χ1v) is 7.93. The van der Waals surface area contributed by atoms with Gasteiger partial charge in [0.05, 0.1) is 11.5 Å². The first-order valence-electron chi connectivity index (χ1n) is 7.52. The summed E-state index contributed by atoms with van der Waals surface area (Å²) in [6.45, 7) is 0.415. The normalized spacial score (nSPS) is 21.3. The quantitative estimate of drug-likeness (QED) is 0.780. The van der Waals surface area contributed by atoms with E-state index in [-0.39, 0.29) is 6.03 Å². The minimum atomic E-state index is 0.0339. The summed E-state index contributed by atoms with van der Waals surface area (Å²) in [6.07, 6.45) is 10.5. The van der Waals surface area contributed by atoms with Gasteiger partial charge in [0.2, 0.25) is 0 Å². The molecule has 2 aliphatic carbocycles. The van der Waals surface area contributed by atoms with Gasteiger partial charge in [-0.05, 0) is 25.7 Å². The molecule has 0 atom stereocenters. The fourth-order valence-corrected chi connectivity index (χ4v) is 3.39. The first-order chi connectivity index (χ1) is 9.16. The molecule has 2 saturated carbocycles. The van der Waals surface area contributed by atoms with Gasteiger partial charge in [-0.25, -0.2) is 4.79 Å². The Balaban J connectivity index is 1.91. The molecule has 4 nitrogen and oxygen atoms in total. The number of carbonyl (C=O) groups is 1. The summed E-state index contributed by atoms with van der Waals surface area (Å²) in [7, 11) is 0. The van der Waals surface area contributed by atoms with Gasteiger partial charge < -0.3 is 16.0 Å². The fourth-order valence-electron chi connectivity index (χ4n) is 3.26. The van der Waals surface area contributed by atoms with Gasteiger partial charge in [-0.2, -0.15) is 0 Å². The van der Waals surface area contributed by atoms with Crippen LogP contribution in [0.25, 0.3) is 0 Å². The molecular weight excluding hydrogens is 258 g/mol. The van der Waals surface area contributed by atoms with Gasteiger partial charge in [-0.1, -0.05) is 44.3 Å². The second kappa shape index (κ2) is 7.08. The van der Waals surface area contributed by atoms with Gasteiger partial charge in [0, 0.05) is 12.1 Å². The number of amides is 2.